The first-order chi connectivity index (χ1) is 12.3. The van der Waals surface area contributed by atoms with E-state index in [-0.39, 0.29) is 12.5 Å². The number of aromatic nitrogens is 6. The number of ether oxygens (including phenoxy) is 1. The van der Waals surface area contributed by atoms with Gasteiger partial charge in [0.05, 0.1) is 18.7 Å². The number of carbonyl (C=O) groups excluding carboxylic acids is 1. The van der Waals surface area contributed by atoms with Gasteiger partial charge in [0.15, 0.2) is 11.6 Å². The Morgan fingerprint density at radius 1 is 1.28 bits per heavy atom. The van der Waals surface area contributed by atoms with E-state index in [1.807, 2.05) is 10.6 Å². The van der Waals surface area contributed by atoms with E-state index in [0.717, 1.165) is 5.56 Å². The van der Waals surface area contributed by atoms with Gasteiger partial charge in [-0.3, -0.25) is 9.78 Å². The maximum absolute atomic E-state index is 12.2. The molecule has 0 aliphatic carbocycles. The summed E-state index contributed by atoms with van der Waals surface area (Å²) >= 11 is 0. The smallest absolute Gasteiger partial charge is 0.254 e. The molecule has 0 spiro atoms. The van der Waals surface area contributed by atoms with E-state index in [2.05, 4.69) is 30.5 Å². The normalized spacial score (nSPS) is 10.6. The summed E-state index contributed by atoms with van der Waals surface area (Å²) in [6, 6.07) is 3.66. The van der Waals surface area contributed by atoms with Gasteiger partial charge in [0.25, 0.3) is 5.91 Å². The summed E-state index contributed by atoms with van der Waals surface area (Å²) in [5, 5.41) is 10.6. The van der Waals surface area contributed by atoms with Crippen molar-refractivity contribution in [2.45, 2.75) is 13.1 Å². The van der Waals surface area contributed by atoms with Gasteiger partial charge in [-0.25, -0.2) is 9.97 Å². The number of hydrogen-bond acceptors (Lipinski definition) is 7. The van der Waals surface area contributed by atoms with E-state index in [1.165, 1.54) is 12.4 Å². The molecule has 9 nitrogen and oxygen atoms in total. The van der Waals surface area contributed by atoms with Crippen LogP contribution >= 0.6 is 0 Å². The third-order valence-electron chi connectivity index (χ3n) is 3.47. The van der Waals surface area contributed by atoms with Crippen molar-refractivity contribution in [3.05, 3.63) is 54.6 Å². The molecular weight excluding hydrogens is 322 g/mol. The van der Waals surface area contributed by atoms with E-state index >= 15 is 0 Å². The summed E-state index contributed by atoms with van der Waals surface area (Å²) in [6.45, 7) is 1.42. The van der Waals surface area contributed by atoms with Crippen molar-refractivity contribution in [1.82, 2.24) is 35.0 Å². The van der Waals surface area contributed by atoms with Gasteiger partial charge in [0.1, 0.15) is 6.33 Å². The lowest BCUT2D eigenvalue weighted by molar-refractivity contribution is 0.0948. The van der Waals surface area contributed by atoms with Crippen molar-refractivity contribution in [3.8, 4) is 11.4 Å². The average Bonchev–Trinajstić information content (AvgIpc) is 3.12. The number of rotatable bonds is 7. The van der Waals surface area contributed by atoms with Crippen molar-refractivity contribution >= 4 is 5.91 Å². The molecule has 3 aromatic heterocycles. The molecule has 1 N–H and O–H groups in total. The molecule has 0 saturated heterocycles. The van der Waals surface area contributed by atoms with E-state index in [0.29, 0.717) is 30.4 Å². The topological polar surface area (TPSA) is 108 Å². The van der Waals surface area contributed by atoms with Crippen molar-refractivity contribution < 1.29 is 9.53 Å². The molecule has 0 aromatic carbocycles. The van der Waals surface area contributed by atoms with Crippen molar-refractivity contribution in [1.29, 1.82) is 0 Å². The van der Waals surface area contributed by atoms with Crippen LogP contribution in [0.25, 0.3) is 11.4 Å². The first-order valence-corrected chi connectivity index (χ1v) is 7.64. The van der Waals surface area contributed by atoms with Crippen LogP contribution in [0.5, 0.6) is 0 Å². The van der Waals surface area contributed by atoms with Crippen LogP contribution in [0.3, 0.4) is 0 Å². The second-order valence-electron chi connectivity index (χ2n) is 5.15. The molecule has 3 aromatic rings. The molecule has 25 heavy (non-hydrogen) atoms. The highest BCUT2D eigenvalue weighted by Gasteiger charge is 2.10. The summed E-state index contributed by atoms with van der Waals surface area (Å²) in [5.41, 5.74) is 1.16. The molecule has 0 atom stereocenters. The highest BCUT2D eigenvalue weighted by Crippen LogP contribution is 2.11. The maximum atomic E-state index is 12.2. The summed E-state index contributed by atoms with van der Waals surface area (Å²) in [4.78, 5) is 24.7. The van der Waals surface area contributed by atoms with Gasteiger partial charge < -0.3 is 14.6 Å². The Bertz CT molecular complexity index is 818. The van der Waals surface area contributed by atoms with Gasteiger partial charge >= 0.3 is 0 Å². The van der Waals surface area contributed by atoms with Crippen LogP contribution in [0.4, 0.5) is 0 Å². The largest absolute Gasteiger partial charge is 0.383 e. The lowest BCUT2D eigenvalue weighted by atomic mass is 10.2. The summed E-state index contributed by atoms with van der Waals surface area (Å²) in [6.07, 6.45) is 7.92. The molecule has 128 valence electrons. The lowest BCUT2D eigenvalue weighted by Gasteiger charge is -2.07. The molecule has 3 heterocycles. The number of nitrogens with one attached hydrogen (secondary N) is 1. The Morgan fingerprint density at radius 2 is 2.12 bits per heavy atom. The van der Waals surface area contributed by atoms with Crippen LogP contribution in [0.15, 0.2) is 43.2 Å². The SMILES string of the molecule is COCCn1cnnc1CNC(=O)c1cnc(-c2cccnc2)nc1. The molecular formula is C16H17N7O2. The second kappa shape index (κ2) is 8.06. The Hall–Kier alpha value is -3.20. The van der Waals surface area contributed by atoms with E-state index in [9.17, 15) is 4.79 Å². The number of nitrogens with zero attached hydrogens (tertiary/aromatic N) is 6. The lowest BCUT2D eigenvalue weighted by Crippen LogP contribution is -2.25. The zero-order valence-electron chi connectivity index (χ0n) is 13.7. The van der Waals surface area contributed by atoms with Crippen molar-refractivity contribution in [2.24, 2.45) is 0 Å². The van der Waals surface area contributed by atoms with Gasteiger partial charge in [-0.2, -0.15) is 0 Å². The predicted molar refractivity (Wildman–Crippen MR) is 88.3 cm³/mol. The number of hydrogen-bond donors (Lipinski definition) is 1. The number of carbonyl (C=O) groups is 1. The average molecular weight is 339 g/mol. The first-order valence-electron chi connectivity index (χ1n) is 7.64. The molecule has 0 unspecified atom stereocenters. The quantitative estimate of drug-likeness (QED) is 0.675. The fourth-order valence-electron chi connectivity index (χ4n) is 2.14. The van der Waals surface area contributed by atoms with Crippen LogP contribution in [-0.2, 0) is 17.8 Å². The number of methoxy groups -OCH3 is 1. The molecule has 1 amide bonds. The standard InChI is InChI=1S/C16H17N7O2/c1-25-6-5-23-11-21-22-14(23)10-20-16(24)13-8-18-15(19-9-13)12-3-2-4-17-7-12/h2-4,7-9,11H,5-6,10H2,1H3,(H,20,24). The predicted octanol–water partition coefficient (Wildman–Crippen LogP) is 0.706. The van der Waals surface area contributed by atoms with Crippen LogP contribution in [0, 0.1) is 0 Å². The summed E-state index contributed by atoms with van der Waals surface area (Å²) in [7, 11) is 1.63. The maximum Gasteiger partial charge on any atom is 0.254 e. The number of pyridine rings is 1. The Kier molecular flexibility index (Phi) is 5.37. The zero-order chi connectivity index (χ0) is 17.5. The first kappa shape index (κ1) is 16.7. The fourth-order valence-corrected chi connectivity index (χ4v) is 2.14. The van der Waals surface area contributed by atoms with Gasteiger partial charge in [-0.15, -0.1) is 10.2 Å². The van der Waals surface area contributed by atoms with Crippen molar-refractivity contribution in [3.63, 3.8) is 0 Å². The molecule has 0 aliphatic rings. The Labute approximate surface area is 144 Å². The monoisotopic (exact) mass is 339 g/mol. The van der Waals surface area contributed by atoms with Gasteiger partial charge in [0, 0.05) is 44.0 Å². The molecule has 0 fully saturated rings. The van der Waals surface area contributed by atoms with Crippen molar-refractivity contribution in [2.75, 3.05) is 13.7 Å². The minimum Gasteiger partial charge on any atom is -0.383 e. The minimum atomic E-state index is -0.279. The highest BCUT2D eigenvalue weighted by molar-refractivity contribution is 5.93. The zero-order valence-corrected chi connectivity index (χ0v) is 13.7. The molecule has 0 bridgehead atoms. The second-order valence-corrected chi connectivity index (χ2v) is 5.15. The molecule has 0 saturated carbocycles. The van der Waals surface area contributed by atoms with Gasteiger partial charge in [-0.1, -0.05) is 0 Å². The fraction of sp³-hybridized carbons (Fsp3) is 0.250. The Morgan fingerprint density at radius 3 is 2.84 bits per heavy atom. The summed E-state index contributed by atoms with van der Waals surface area (Å²) < 4.78 is 6.85. The molecule has 0 radical (unpaired) electrons. The molecule has 9 heteroatoms. The molecule has 3 rings (SSSR count). The highest BCUT2D eigenvalue weighted by atomic mass is 16.5. The third-order valence-corrected chi connectivity index (χ3v) is 3.47. The minimum absolute atomic E-state index is 0.257. The van der Waals surface area contributed by atoms with E-state index in [4.69, 9.17) is 4.74 Å². The van der Waals surface area contributed by atoms with E-state index < -0.39 is 0 Å². The Balaban J connectivity index is 1.61. The van der Waals surface area contributed by atoms with Crippen LogP contribution < -0.4 is 5.32 Å². The summed E-state index contributed by atoms with van der Waals surface area (Å²) in [5.74, 6) is 0.890. The van der Waals surface area contributed by atoms with Gasteiger partial charge in [-0.05, 0) is 12.1 Å². The number of amides is 1. The molecule has 0 aliphatic heterocycles. The van der Waals surface area contributed by atoms with Crippen LogP contribution in [0.1, 0.15) is 16.2 Å². The third kappa shape index (κ3) is 4.21. The van der Waals surface area contributed by atoms with E-state index in [1.54, 1.807) is 31.9 Å². The van der Waals surface area contributed by atoms with Crippen LogP contribution in [-0.4, -0.2) is 49.3 Å². The van der Waals surface area contributed by atoms with Crippen LogP contribution in [0.2, 0.25) is 0 Å². The van der Waals surface area contributed by atoms with Gasteiger partial charge in [0.2, 0.25) is 0 Å².